The number of halogens is 1. The molecule has 1 aromatic carbocycles. The molecule has 2 aromatic heterocycles. The summed E-state index contributed by atoms with van der Waals surface area (Å²) >= 11 is 3.35. The summed E-state index contributed by atoms with van der Waals surface area (Å²) in [6.45, 7) is 2.62. The van der Waals surface area contributed by atoms with Gasteiger partial charge in [0.05, 0.1) is 29.1 Å². The van der Waals surface area contributed by atoms with Crippen LogP contribution in [-0.4, -0.2) is 25.5 Å². The predicted octanol–water partition coefficient (Wildman–Crippen LogP) is 3.48. The summed E-state index contributed by atoms with van der Waals surface area (Å²) in [4.78, 5) is 12.5. The van der Waals surface area contributed by atoms with Gasteiger partial charge in [0.1, 0.15) is 6.04 Å². The minimum Gasteiger partial charge on any atom is -0.322 e. The lowest BCUT2D eigenvalue weighted by atomic mass is 10.2. The first-order valence-electron chi connectivity index (χ1n) is 7.72. The number of rotatable bonds is 6. The van der Waals surface area contributed by atoms with Crippen LogP contribution in [0.3, 0.4) is 0 Å². The number of amides is 1. The fourth-order valence-electron chi connectivity index (χ4n) is 2.49. The smallest absolute Gasteiger partial charge is 0.249 e. The summed E-state index contributed by atoms with van der Waals surface area (Å²) in [5.41, 5.74) is 1.84. The first-order chi connectivity index (χ1) is 11.7. The third kappa shape index (κ3) is 3.91. The van der Waals surface area contributed by atoms with Gasteiger partial charge in [0.25, 0.3) is 0 Å². The molecule has 24 heavy (non-hydrogen) atoms. The number of anilines is 1. The van der Waals surface area contributed by atoms with Crippen molar-refractivity contribution in [3.05, 3.63) is 65.2 Å². The van der Waals surface area contributed by atoms with Gasteiger partial charge in [-0.15, -0.1) is 0 Å². The highest BCUT2D eigenvalue weighted by Crippen LogP contribution is 2.17. The molecule has 1 atom stereocenters. The summed E-state index contributed by atoms with van der Waals surface area (Å²) in [5, 5.41) is 11.4. The molecule has 0 aliphatic rings. The molecule has 1 unspecified atom stereocenters. The van der Waals surface area contributed by atoms with Crippen LogP contribution in [0.5, 0.6) is 0 Å². The lowest BCUT2D eigenvalue weighted by molar-refractivity contribution is -0.119. The fourth-order valence-corrected chi connectivity index (χ4v) is 2.79. The standard InChI is InChI=1S/C17H18BrN5O/c1-2-16(23-11-14(18)8-20-23)17(24)21-15-9-19-22(12-15)10-13-6-4-3-5-7-13/h3-9,11-12,16H,2,10H2,1H3,(H,21,24). The van der Waals surface area contributed by atoms with Crippen LogP contribution in [0.1, 0.15) is 24.9 Å². The number of carbonyl (C=O) groups is 1. The van der Waals surface area contributed by atoms with Crippen molar-refractivity contribution in [3.8, 4) is 0 Å². The molecule has 3 aromatic rings. The maximum Gasteiger partial charge on any atom is 0.249 e. The zero-order chi connectivity index (χ0) is 16.9. The van der Waals surface area contributed by atoms with E-state index in [1.54, 1.807) is 28.0 Å². The van der Waals surface area contributed by atoms with Crippen LogP contribution in [0, 0.1) is 0 Å². The van der Waals surface area contributed by atoms with Crippen LogP contribution in [0.15, 0.2) is 59.6 Å². The molecule has 0 radical (unpaired) electrons. The Hall–Kier alpha value is -2.41. The summed E-state index contributed by atoms with van der Waals surface area (Å²) in [7, 11) is 0. The van der Waals surface area contributed by atoms with Gasteiger partial charge >= 0.3 is 0 Å². The maximum atomic E-state index is 12.5. The average Bonchev–Trinajstić information content (AvgIpc) is 3.18. The Labute approximate surface area is 148 Å². The Morgan fingerprint density at radius 3 is 2.67 bits per heavy atom. The summed E-state index contributed by atoms with van der Waals surface area (Å²) < 4.78 is 4.31. The SMILES string of the molecule is CCC(C(=O)Nc1cnn(Cc2ccccc2)c1)n1cc(Br)cn1. The number of nitrogens with zero attached hydrogens (tertiary/aromatic N) is 4. The summed E-state index contributed by atoms with van der Waals surface area (Å²) in [5.74, 6) is -0.104. The van der Waals surface area contributed by atoms with Gasteiger partial charge in [-0.2, -0.15) is 10.2 Å². The molecule has 0 aliphatic carbocycles. The Bertz CT molecular complexity index is 811. The second-order valence-electron chi connectivity index (χ2n) is 5.46. The van der Waals surface area contributed by atoms with E-state index >= 15 is 0 Å². The maximum absolute atomic E-state index is 12.5. The summed E-state index contributed by atoms with van der Waals surface area (Å²) in [6, 6.07) is 9.71. The monoisotopic (exact) mass is 387 g/mol. The molecule has 0 fully saturated rings. The molecular formula is C17H18BrN5O. The first kappa shape index (κ1) is 16.4. The van der Waals surface area contributed by atoms with E-state index in [1.165, 1.54) is 0 Å². The molecule has 1 N–H and O–H groups in total. The van der Waals surface area contributed by atoms with Crippen LogP contribution < -0.4 is 5.32 Å². The van der Waals surface area contributed by atoms with Crippen LogP contribution in [0.2, 0.25) is 0 Å². The quantitative estimate of drug-likeness (QED) is 0.703. The first-order valence-corrected chi connectivity index (χ1v) is 8.52. The molecule has 0 aliphatic heterocycles. The van der Waals surface area contributed by atoms with Crippen LogP contribution >= 0.6 is 15.9 Å². The van der Waals surface area contributed by atoms with Gasteiger partial charge in [0.15, 0.2) is 0 Å². The van der Waals surface area contributed by atoms with E-state index in [4.69, 9.17) is 0 Å². The third-order valence-electron chi connectivity index (χ3n) is 3.67. The van der Waals surface area contributed by atoms with Gasteiger partial charge in [-0.3, -0.25) is 14.2 Å². The molecule has 0 saturated heterocycles. The summed E-state index contributed by atoms with van der Waals surface area (Å²) in [6.07, 6.45) is 7.61. The second-order valence-corrected chi connectivity index (χ2v) is 6.38. The molecule has 124 valence electrons. The predicted molar refractivity (Wildman–Crippen MR) is 95.7 cm³/mol. The third-order valence-corrected chi connectivity index (χ3v) is 4.08. The molecule has 0 bridgehead atoms. The van der Waals surface area contributed by atoms with E-state index in [0.29, 0.717) is 18.7 Å². The number of hydrogen-bond acceptors (Lipinski definition) is 3. The minimum atomic E-state index is -0.353. The van der Waals surface area contributed by atoms with E-state index in [-0.39, 0.29) is 11.9 Å². The van der Waals surface area contributed by atoms with Gasteiger partial charge < -0.3 is 5.32 Å². The van der Waals surface area contributed by atoms with Crippen LogP contribution in [-0.2, 0) is 11.3 Å². The van der Waals surface area contributed by atoms with Crippen LogP contribution in [0.25, 0.3) is 0 Å². The van der Waals surface area contributed by atoms with Crippen molar-refractivity contribution in [3.63, 3.8) is 0 Å². The zero-order valence-corrected chi connectivity index (χ0v) is 14.8. The molecule has 7 heteroatoms. The number of nitrogens with one attached hydrogen (secondary N) is 1. The van der Waals surface area contributed by atoms with E-state index in [9.17, 15) is 4.79 Å². The molecule has 6 nitrogen and oxygen atoms in total. The van der Waals surface area contributed by atoms with Gasteiger partial charge in [-0.05, 0) is 27.9 Å². The highest BCUT2D eigenvalue weighted by molar-refractivity contribution is 9.10. The lowest BCUT2D eigenvalue weighted by Crippen LogP contribution is -2.25. The van der Waals surface area contributed by atoms with Crippen molar-refractivity contribution in [2.75, 3.05) is 5.32 Å². The molecule has 0 saturated carbocycles. The largest absolute Gasteiger partial charge is 0.322 e. The number of benzene rings is 1. The number of aromatic nitrogens is 4. The second kappa shape index (κ2) is 7.44. The highest BCUT2D eigenvalue weighted by atomic mass is 79.9. The number of hydrogen-bond donors (Lipinski definition) is 1. The lowest BCUT2D eigenvalue weighted by Gasteiger charge is -2.14. The molecule has 0 spiro atoms. The van der Waals surface area contributed by atoms with Gasteiger partial charge in [-0.1, -0.05) is 37.3 Å². The van der Waals surface area contributed by atoms with Crippen molar-refractivity contribution in [2.24, 2.45) is 0 Å². The van der Waals surface area contributed by atoms with Crippen molar-refractivity contribution in [1.29, 1.82) is 0 Å². The van der Waals surface area contributed by atoms with Gasteiger partial charge in [-0.25, -0.2) is 0 Å². The van der Waals surface area contributed by atoms with Gasteiger partial charge in [0, 0.05) is 12.4 Å². The van der Waals surface area contributed by atoms with E-state index in [2.05, 4.69) is 31.4 Å². The topological polar surface area (TPSA) is 64.7 Å². The Kier molecular flexibility index (Phi) is 5.10. The Morgan fingerprint density at radius 1 is 1.21 bits per heavy atom. The molecule has 3 rings (SSSR count). The van der Waals surface area contributed by atoms with E-state index in [1.807, 2.05) is 43.5 Å². The van der Waals surface area contributed by atoms with E-state index in [0.717, 1.165) is 10.0 Å². The van der Waals surface area contributed by atoms with Crippen LogP contribution in [0.4, 0.5) is 5.69 Å². The van der Waals surface area contributed by atoms with Gasteiger partial charge in [0.2, 0.25) is 5.91 Å². The zero-order valence-electron chi connectivity index (χ0n) is 13.3. The highest BCUT2D eigenvalue weighted by Gasteiger charge is 2.19. The minimum absolute atomic E-state index is 0.104. The van der Waals surface area contributed by atoms with E-state index < -0.39 is 0 Å². The Balaban J connectivity index is 1.66. The Morgan fingerprint density at radius 2 is 2.00 bits per heavy atom. The fraction of sp³-hybridized carbons (Fsp3) is 0.235. The van der Waals surface area contributed by atoms with Crippen molar-refractivity contribution < 1.29 is 4.79 Å². The molecule has 1 amide bonds. The van der Waals surface area contributed by atoms with Crippen molar-refractivity contribution in [1.82, 2.24) is 19.6 Å². The molecule has 2 heterocycles. The van der Waals surface area contributed by atoms with Crippen molar-refractivity contribution >= 4 is 27.5 Å². The van der Waals surface area contributed by atoms with Crippen molar-refractivity contribution in [2.45, 2.75) is 25.9 Å². The number of carbonyl (C=O) groups excluding carboxylic acids is 1. The average molecular weight is 388 g/mol. The normalized spacial score (nSPS) is 12.1. The molecular weight excluding hydrogens is 370 g/mol.